The molecule has 2 aliphatic carbocycles. The normalized spacial score (nSPS) is 17.0. The quantitative estimate of drug-likeness (QED) is 0.536. The number of phenolic OH excluding ortho intramolecular Hbond substituents is 1. The highest BCUT2D eigenvalue weighted by atomic mass is 16.3. The van der Waals surface area contributed by atoms with E-state index in [1.54, 1.807) is 16.9 Å². The smallest absolute Gasteiger partial charge is 0.185 e. The summed E-state index contributed by atoms with van der Waals surface area (Å²) in [5, 5.41) is 14.9. The van der Waals surface area contributed by atoms with Crippen molar-refractivity contribution in [1.82, 2.24) is 19.6 Å². The van der Waals surface area contributed by atoms with E-state index in [-0.39, 0.29) is 11.2 Å². The molecule has 2 heterocycles. The fourth-order valence-corrected chi connectivity index (χ4v) is 5.16. The second kappa shape index (κ2) is 5.64. The van der Waals surface area contributed by atoms with Crippen LogP contribution in [0, 0.1) is 0 Å². The fraction of sp³-hybridized carbons (Fsp3) is 0.261. The average Bonchev–Trinajstić information content (AvgIpc) is 3.35. The van der Waals surface area contributed by atoms with Crippen molar-refractivity contribution >= 4 is 5.65 Å². The number of hydrogen-bond acceptors (Lipinski definition) is 4. The van der Waals surface area contributed by atoms with Gasteiger partial charge in [0, 0.05) is 16.5 Å². The molecule has 2 aromatic carbocycles. The monoisotopic (exact) mass is 368 g/mol. The predicted octanol–water partition coefficient (Wildman–Crippen LogP) is 4.53. The van der Waals surface area contributed by atoms with E-state index in [0.29, 0.717) is 11.4 Å². The molecule has 0 atom stereocenters. The zero-order valence-electron chi connectivity index (χ0n) is 15.5. The first-order chi connectivity index (χ1) is 13.8. The van der Waals surface area contributed by atoms with E-state index in [2.05, 4.69) is 29.4 Å². The van der Waals surface area contributed by atoms with Crippen molar-refractivity contribution in [2.75, 3.05) is 0 Å². The first-order valence-corrected chi connectivity index (χ1v) is 9.88. The highest BCUT2D eigenvalue weighted by molar-refractivity contribution is 5.78. The molecule has 0 bridgehead atoms. The highest BCUT2D eigenvalue weighted by Gasteiger charge is 2.43. The average molecular weight is 368 g/mol. The van der Waals surface area contributed by atoms with Gasteiger partial charge in [0.2, 0.25) is 0 Å². The van der Waals surface area contributed by atoms with Crippen LogP contribution in [-0.4, -0.2) is 24.7 Å². The molecule has 2 aromatic heterocycles. The van der Waals surface area contributed by atoms with E-state index >= 15 is 0 Å². The summed E-state index contributed by atoms with van der Waals surface area (Å²) in [4.78, 5) is 9.74. The molecular formula is C23H20N4O. The first kappa shape index (κ1) is 15.8. The van der Waals surface area contributed by atoms with Gasteiger partial charge in [-0.1, -0.05) is 49.2 Å². The second-order valence-electron chi connectivity index (χ2n) is 8.01. The van der Waals surface area contributed by atoms with Crippen molar-refractivity contribution in [3.63, 3.8) is 0 Å². The van der Waals surface area contributed by atoms with Gasteiger partial charge in [-0.15, -0.1) is 5.10 Å². The minimum Gasteiger partial charge on any atom is -0.507 e. The van der Waals surface area contributed by atoms with Gasteiger partial charge in [0.25, 0.3) is 0 Å². The first-order valence-electron chi connectivity index (χ1n) is 9.88. The topological polar surface area (TPSA) is 63.3 Å². The van der Waals surface area contributed by atoms with Gasteiger partial charge in [-0.05, 0) is 37.0 Å². The molecule has 2 aliphatic rings. The molecule has 1 fully saturated rings. The SMILES string of the molecule is Oc1ccccc1-c1nc2c3c(ncn2n1)-c1ccccc1CC31CCCC1. The zero-order valence-corrected chi connectivity index (χ0v) is 15.5. The van der Waals surface area contributed by atoms with Crippen molar-refractivity contribution < 1.29 is 5.11 Å². The Morgan fingerprint density at radius 3 is 2.50 bits per heavy atom. The van der Waals surface area contributed by atoms with Crippen LogP contribution in [0.4, 0.5) is 0 Å². The lowest BCUT2D eigenvalue weighted by atomic mass is 9.68. The molecule has 0 unspecified atom stereocenters. The maximum atomic E-state index is 10.3. The van der Waals surface area contributed by atoms with Crippen LogP contribution in [0.25, 0.3) is 28.3 Å². The van der Waals surface area contributed by atoms with Crippen LogP contribution in [-0.2, 0) is 11.8 Å². The number of fused-ring (bicyclic) bond motifs is 6. The summed E-state index contributed by atoms with van der Waals surface area (Å²) in [5.41, 5.74) is 6.49. The summed E-state index contributed by atoms with van der Waals surface area (Å²) in [6, 6.07) is 15.8. The Morgan fingerprint density at radius 2 is 1.68 bits per heavy atom. The molecule has 28 heavy (non-hydrogen) atoms. The third kappa shape index (κ3) is 2.10. The van der Waals surface area contributed by atoms with Gasteiger partial charge in [0.05, 0.1) is 11.3 Å². The van der Waals surface area contributed by atoms with E-state index in [0.717, 1.165) is 30.6 Å². The molecule has 0 aliphatic heterocycles. The van der Waals surface area contributed by atoms with Gasteiger partial charge in [-0.25, -0.2) is 14.5 Å². The third-order valence-corrected chi connectivity index (χ3v) is 6.43. The van der Waals surface area contributed by atoms with Crippen molar-refractivity contribution in [3.8, 4) is 28.4 Å². The van der Waals surface area contributed by atoms with Crippen LogP contribution < -0.4 is 0 Å². The molecule has 0 radical (unpaired) electrons. The highest BCUT2D eigenvalue weighted by Crippen LogP contribution is 2.52. The number of nitrogens with zero attached hydrogens (tertiary/aromatic N) is 4. The Labute approximate surface area is 162 Å². The van der Waals surface area contributed by atoms with E-state index in [4.69, 9.17) is 9.97 Å². The van der Waals surface area contributed by atoms with E-state index in [9.17, 15) is 5.11 Å². The minimum absolute atomic E-state index is 0.0855. The maximum absolute atomic E-state index is 10.3. The maximum Gasteiger partial charge on any atom is 0.185 e. The summed E-state index contributed by atoms with van der Waals surface area (Å²) in [5.74, 6) is 0.737. The van der Waals surface area contributed by atoms with Crippen LogP contribution in [0.1, 0.15) is 36.8 Å². The van der Waals surface area contributed by atoms with Gasteiger partial charge in [-0.2, -0.15) is 0 Å². The van der Waals surface area contributed by atoms with E-state index in [1.807, 2.05) is 18.2 Å². The summed E-state index contributed by atoms with van der Waals surface area (Å²) in [7, 11) is 0. The number of hydrogen-bond donors (Lipinski definition) is 1. The molecule has 5 nitrogen and oxygen atoms in total. The van der Waals surface area contributed by atoms with Crippen molar-refractivity contribution in [3.05, 3.63) is 66.0 Å². The van der Waals surface area contributed by atoms with Gasteiger partial charge in [-0.3, -0.25) is 0 Å². The molecule has 0 saturated heterocycles. The molecule has 5 heteroatoms. The Balaban J connectivity index is 1.66. The van der Waals surface area contributed by atoms with Gasteiger partial charge < -0.3 is 5.11 Å². The molecule has 6 rings (SSSR count). The van der Waals surface area contributed by atoms with Gasteiger partial charge >= 0.3 is 0 Å². The predicted molar refractivity (Wildman–Crippen MR) is 107 cm³/mol. The van der Waals surface area contributed by atoms with Crippen molar-refractivity contribution in [2.24, 2.45) is 0 Å². The summed E-state index contributed by atoms with van der Waals surface area (Å²) in [6.07, 6.45) is 7.60. The van der Waals surface area contributed by atoms with Crippen LogP contribution in [0.2, 0.25) is 0 Å². The standard InChI is InChI=1S/C23H20N4O/c28-18-10-4-3-9-17(18)21-25-22-19-20(24-14-27(22)26-21)16-8-2-1-7-15(16)13-23(19)11-5-6-12-23/h1-4,7-10,14,28H,5-6,11-13H2. The second-order valence-corrected chi connectivity index (χ2v) is 8.01. The number of aromatic hydroxyl groups is 1. The minimum atomic E-state index is 0.0855. The zero-order chi connectivity index (χ0) is 18.7. The Hall–Kier alpha value is -3.21. The lowest BCUT2D eigenvalue weighted by Crippen LogP contribution is -2.31. The fourth-order valence-electron chi connectivity index (χ4n) is 5.16. The van der Waals surface area contributed by atoms with E-state index in [1.165, 1.54) is 29.5 Å². The van der Waals surface area contributed by atoms with E-state index < -0.39 is 0 Å². The van der Waals surface area contributed by atoms with Gasteiger partial charge in [0.1, 0.15) is 12.1 Å². The van der Waals surface area contributed by atoms with Crippen molar-refractivity contribution in [2.45, 2.75) is 37.5 Å². The van der Waals surface area contributed by atoms with Crippen LogP contribution in [0.3, 0.4) is 0 Å². The molecule has 1 spiro atoms. The molecule has 138 valence electrons. The summed E-state index contributed by atoms with van der Waals surface area (Å²) in [6.45, 7) is 0. The molecule has 4 aromatic rings. The number of aromatic nitrogens is 4. The number of para-hydroxylation sites is 1. The number of benzene rings is 2. The van der Waals surface area contributed by atoms with Gasteiger partial charge in [0.15, 0.2) is 11.5 Å². The lowest BCUT2D eigenvalue weighted by molar-refractivity contribution is 0.433. The Morgan fingerprint density at radius 1 is 0.929 bits per heavy atom. The molecule has 0 amide bonds. The van der Waals surface area contributed by atoms with Crippen LogP contribution in [0.15, 0.2) is 54.9 Å². The summed E-state index contributed by atoms with van der Waals surface area (Å²) >= 11 is 0. The van der Waals surface area contributed by atoms with Crippen LogP contribution >= 0.6 is 0 Å². The Kier molecular flexibility index (Phi) is 3.19. The molecule has 1 N–H and O–H groups in total. The molecule has 1 saturated carbocycles. The lowest BCUT2D eigenvalue weighted by Gasteiger charge is -2.36. The Bertz CT molecular complexity index is 1220. The molecular weight excluding hydrogens is 348 g/mol. The van der Waals surface area contributed by atoms with Crippen molar-refractivity contribution in [1.29, 1.82) is 0 Å². The number of phenols is 1. The number of rotatable bonds is 1. The largest absolute Gasteiger partial charge is 0.507 e. The summed E-state index contributed by atoms with van der Waals surface area (Å²) < 4.78 is 1.79. The third-order valence-electron chi connectivity index (χ3n) is 6.43. The van der Waals surface area contributed by atoms with Crippen LogP contribution in [0.5, 0.6) is 5.75 Å².